The second-order valence-corrected chi connectivity index (χ2v) is 11.2. The molecule has 2 aliphatic heterocycles. The first-order valence-electron chi connectivity index (χ1n) is 14.2. The van der Waals surface area contributed by atoms with E-state index in [2.05, 4.69) is 118 Å². The molecule has 3 aromatic carbocycles. The van der Waals surface area contributed by atoms with Gasteiger partial charge in [-0.1, -0.05) is 55.5 Å². The highest BCUT2D eigenvalue weighted by molar-refractivity contribution is 5.90. The Bertz CT molecular complexity index is 1630. The number of imidazole rings is 2. The van der Waals surface area contributed by atoms with E-state index < -0.39 is 0 Å². The van der Waals surface area contributed by atoms with Crippen molar-refractivity contribution < 1.29 is 0 Å². The molecule has 6 heteroatoms. The van der Waals surface area contributed by atoms with Crippen molar-refractivity contribution in [1.29, 1.82) is 0 Å². The number of aromatic nitrogens is 4. The van der Waals surface area contributed by atoms with Crippen LogP contribution in [0, 0.1) is 18.8 Å². The minimum atomic E-state index is 0.330. The monoisotopic (exact) mass is 528 g/mol. The van der Waals surface area contributed by atoms with Crippen molar-refractivity contribution in [3.8, 4) is 46.5 Å². The summed E-state index contributed by atoms with van der Waals surface area (Å²) >= 11 is 0. The molecule has 40 heavy (non-hydrogen) atoms. The topological polar surface area (TPSA) is 81.4 Å². The lowest BCUT2D eigenvalue weighted by molar-refractivity contribution is 0.564. The van der Waals surface area contributed by atoms with Crippen LogP contribution in [0.25, 0.3) is 44.4 Å². The molecule has 0 spiro atoms. The van der Waals surface area contributed by atoms with E-state index in [9.17, 15) is 0 Å². The molecule has 4 N–H and O–H groups in total. The summed E-state index contributed by atoms with van der Waals surface area (Å²) < 4.78 is 0. The van der Waals surface area contributed by atoms with Crippen molar-refractivity contribution in [1.82, 2.24) is 30.6 Å². The fraction of sp³-hybridized carbons (Fsp3) is 0.294. The lowest BCUT2D eigenvalue weighted by Crippen LogP contribution is -2.21. The number of terminal acetylenes is 1. The van der Waals surface area contributed by atoms with Crippen LogP contribution < -0.4 is 10.6 Å². The van der Waals surface area contributed by atoms with Gasteiger partial charge in [-0.15, -0.1) is 12.8 Å². The van der Waals surface area contributed by atoms with Crippen LogP contribution in [-0.2, 0) is 0 Å². The number of aromatic amines is 2. The number of nitrogens with one attached hydrogen (secondary N) is 4. The maximum Gasteiger partial charge on any atom is 0.123 e. The van der Waals surface area contributed by atoms with Crippen LogP contribution >= 0.6 is 0 Å². The van der Waals surface area contributed by atoms with Gasteiger partial charge in [0.15, 0.2) is 0 Å². The van der Waals surface area contributed by atoms with Crippen LogP contribution in [0.4, 0.5) is 0 Å². The fourth-order valence-corrected chi connectivity index (χ4v) is 6.02. The molecule has 2 fully saturated rings. The van der Waals surface area contributed by atoms with Gasteiger partial charge in [0.25, 0.3) is 0 Å². The quantitative estimate of drug-likeness (QED) is 0.185. The molecule has 2 aromatic heterocycles. The van der Waals surface area contributed by atoms with Crippen LogP contribution in [0.5, 0.6) is 0 Å². The lowest BCUT2D eigenvalue weighted by atomic mass is 9.98. The zero-order chi connectivity index (χ0) is 27.6. The van der Waals surface area contributed by atoms with E-state index in [0.29, 0.717) is 24.0 Å². The summed E-state index contributed by atoms with van der Waals surface area (Å²) in [6.45, 7) is 5.58. The summed E-state index contributed by atoms with van der Waals surface area (Å²) in [4.78, 5) is 16.4. The predicted octanol–water partition coefficient (Wildman–Crippen LogP) is 7.02. The highest BCUT2D eigenvalue weighted by atomic mass is 15.1. The molecule has 0 radical (unpaired) electrons. The van der Waals surface area contributed by atoms with Crippen molar-refractivity contribution >= 4 is 10.8 Å². The predicted molar refractivity (Wildman–Crippen MR) is 164 cm³/mol. The van der Waals surface area contributed by atoms with E-state index in [1.54, 1.807) is 0 Å². The van der Waals surface area contributed by atoms with Gasteiger partial charge in [0.05, 0.1) is 35.9 Å². The van der Waals surface area contributed by atoms with Crippen LogP contribution in [0.1, 0.15) is 56.8 Å². The van der Waals surface area contributed by atoms with Gasteiger partial charge >= 0.3 is 0 Å². The highest BCUT2D eigenvalue weighted by Gasteiger charge is 2.25. The van der Waals surface area contributed by atoms with Crippen LogP contribution in [0.2, 0.25) is 0 Å². The molecular weight excluding hydrogens is 492 g/mol. The van der Waals surface area contributed by atoms with E-state index in [1.807, 2.05) is 12.4 Å². The molecule has 2 saturated heterocycles. The Kier molecular flexibility index (Phi) is 7.25. The lowest BCUT2D eigenvalue weighted by Gasteiger charge is -2.09. The number of H-pyrrole nitrogens is 2. The number of hydrogen-bond donors (Lipinski definition) is 4. The Morgan fingerprint density at radius 2 is 1.25 bits per heavy atom. The number of rotatable bonds is 5. The summed E-state index contributed by atoms with van der Waals surface area (Å²) in [7, 11) is 0. The fourth-order valence-electron chi connectivity index (χ4n) is 6.02. The maximum absolute atomic E-state index is 4.67. The zero-order valence-electron chi connectivity index (χ0n) is 23.1. The highest BCUT2D eigenvalue weighted by Crippen LogP contribution is 2.32. The Morgan fingerprint density at radius 3 is 1.88 bits per heavy atom. The van der Waals surface area contributed by atoms with Gasteiger partial charge in [-0.25, -0.2) is 9.97 Å². The summed E-state index contributed by atoms with van der Waals surface area (Å²) in [6, 6.07) is 23.3. The molecule has 2 aliphatic rings. The van der Waals surface area contributed by atoms with E-state index in [-0.39, 0.29) is 0 Å². The Labute approximate surface area is 236 Å². The minimum Gasteiger partial charge on any atom is -0.341 e. The van der Waals surface area contributed by atoms with E-state index >= 15 is 0 Å². The third-order valence-corrected chi connectivity index (χ3v) is 8.26. The van der Waals surface area contributed by atoms with Crippen molar-refractivity contribution in [2.75, 3.05) is 6.54 Å². The summed E-state index contributed by atoms with van der Waals surface area (Å²) in [6.07, 6.45) is 15.4. The zero-order valence-corrected chi connectivity index (χ0v) is 23.1. The average molecular weight is 529 g/mol. The van der Waals surface area contributed by atoms with Crippen molar-refractivity contribution in [3.63, 3.8) is 0 Å². The van der Waals surface area contributed by atoms with Crippen LogP contribution in [0.15, 0.2) is 73.1 Å². The van der Waals surface area contributed by atoms with Crippen LogP contribution in [-0.4, -0.2) is 32.5 Å². The first-order chi connectivity index (χ1) is 19.6. The van der Waals surface area contributed by atoms with Gasteiger partial charge < -0.3 is 20.6 Å². The molecule has 2 unspecified atom stereocenters. The summed E-state index contributed by atoms with van der Waals surface area (Å²) in [5.74, 6) is 2.78. The molecule has 0 amide bonds. The first-order valence-corrected chi connectivity index (χ1v) is 14.2. The maximum atomic E-state index is 4.67. The van der Waals surface area contributed by atoms with E-state index in [0.717, 1.165) is 48.0 Å². The van der Waals surface area contributed by atoms with Crippen molar-refractivity contribution in [2.45, 2.75) is 51.2 Å². The molecule has 202 valence electrons. The minimum absolute atomic E-state index is 0.330. The number of nitrogens with zero attached hydrogens (tertiary/aromatic N) is 2. The molecule has 6 nitrogen and oxygen atoms in total. The Balaban J connectivity index is 0.00000142. The summed E-state index contributed by atoms with van der Waals surface area (Å²) in [5, 5.41) is 9.63. The number of hydrogen-bond acceptors (Lipinski definition) is 4. The molecule has 4 heterocycles. The third kappa shape index (κ3) is 5.19. The average Bonchev–Trinajstić information content (AvgIpc) is 3.81. The standard InChI is InChI=1S/C32H34N6.C2H2/c1-19-13-28(33-16-19)32-35-17-29(37-32)22-6-4-21(5-7-22)23-8-9-25-15-26(11-10-24(25)14-23)30-18-34-31(38-30)27-12-3-20(2)36-27;1-2/h4-11,14-15,17-20,27-28,33,36H,3,12-13,16H2,1-2H3,(H,34,38)(H,35,37);1-2H/t19?,20?,27-,28-;/m0./s1. The van der Waals surface area contributed by atoms with Gasteiger partial charge in [-0.2, -0.15) is 0 Å². The van der Waals surface area contributed by atoms with Crippen LogP contribution in [0.3, 0.4) is 0 Å². The molecule has 0 saturated carbocycles. The first kappa shape index (κ1) is 26.1. The second kappa shape index (κ2) is 11.1. The Hall–Kier alpha value is -4.18. The molecule has 7 rings (SSSR count). The van der Waals surface area contributed by atoms with Crippen molar-refractivity contribution in [2.24, 2.45) is 5.92 Å². The van der Waals surface area contributed by atoms with Crippen molar-refractivity contribution in [3.05, 3.63) is 84.7 Å². The van der Waals surface area contributed by atoms with Gasteiger partial charge in [-0.05, 0) is 78.2 Å². The van der Waals surface area contributed by atoms with E-state index in [4.69, 9.17) is 0 Å². The van der Waals surface area contributed by atoms with E-state index in [1.165, 1.54) is 33.9 Å². The van der Waals surface area contributed by atoms with Gasteiger partial charge in [-0.3, -0.25) is 0 Å². The number of benzene rings is 3. The smallest absolute Gasteiger partial charge is 0.123 e. The van der Waals surface area contributed by atoms with Gasteiger partial charge in [0.1, 0.15) is 11.6 Å². The number of fused-ring (bicyclic) bond motifs is 1. The molecule has 0 bridgehead atoms. The largest absolute Gasteiger partial charge is 0.341 e. The molecule has 5 aromatic rings. The molecular formula is C34H36N6. The SMILES string of the molecule is C#C.CC1CN[C@H](c2ncc(-c3ccc(-c4ccc5cc(-c6cnc([C@@H]7CCC(C)N7)[nH]6)ccc5c4)cc3)[nH]2)C1. The van der Waals surface area contributed by atoms with Gasteiger partial charge in [0.2, 0.25) is 0 Å². The molecule has 4 atom stereocenters. The third-order valence-electron chi connectivity index (χ3n) is 8.26. The second-order valence-electron chi connectivity index (χ2n) is 11.2. The Morgan fingerprint density at radius 1 is 0.675 bits per heavy atom. The normalized spacial score (nSPS) is 22.3. The molecule has 0 aliphatic carbocycles. The van der Waals surface area contributed by atoms with Gasteiger partial charge in [0, 0.05) is 11.6 Å². The summed E-state index contributed by atoms with van der Waals surface area (Å²) in [5.41, 5.74) is 6.90.